The van der Waals surface area contributed by atoms with Gasteiger partial charge in [0.1, 0.15) is 5.75 Å². The average Bonchev–Trinajstić information content (AvgIpc) is 2.99. The first-order valence-electron chi connectivity index (χ1n) is 11.6. The fourth-order valence-electron chi connectivity index (χ4n) is 5.48. The van der Waals surface area contributed by atoms with Gasteiger partial charge in [0.25, 0.3) is 0 Å². The van der Waals surface area contributed by atoms with E-state index in [-0.39, 0.29) is 6.10 Å². The van der Waals surface area contributed by atoms with Crippen molar-refractivity contribution in [3.8, 4) is 5.75 Å². The molecule has 3 rings (SSSR count). The van der Waals surface area contributed by atoms with Gasteiger partial charge in [0.05, 0.1) is 6.10 Å². The minimum atomic E-state index is -0.139. The van der Waals surface area contributed by atoms with Crippen molar-refractivity contribution < 1.29 is 10.2 Å². The summed E-state index contributed by atoms with van der Waals surface area (Å²) in [7, 11) is 0. The Morgan fingerprint density at radius 2 is 1.85 bits per heavy atom. The predicted octanol–water partition coefficient (Wildman–Crippen LogP) is 6.52. The Balaban J connectivity index is 0.00000126. The molecule has 0 aromatic heterocycles. The summed E-state index contributed by atoms with van der Waals surface area (Å²) < 4.78 is 0. The van der Waals surface area contributed by atoms with Crippen molar-refractivity contribution in [2.75, 3.05) is 0 Å². The number of hydrogen-bond donors (Lipinski definition) is 2. The Kier molecular flexibility index (Phi) is 9.15. The molecule has 2 unspecified atom stereocenters. The first-order chi connectivity index (χ1) is 13.1. The van der Waals surface area contributed by atoms with Crippen LogP contribution in [0.1, 0.15) is 90.2 Å². The maximum atomic E-state index is 10.7. The van der Waals surface area contributed by atoms with Crippen LogP contribution >= 0.6 is 0 Å². The molecule has 2 N–H and O–H groups in total. The van der Waals surface area contributed by atoms with Crippen LogP contribution in [-0.4, -0.2) is 16.3 Å². The molecule has 1 fully saturated rings. The molecular weight excluding hydrogens is 332 g/mol. The topological polar surface area (TPSA) is 40.5 Å². The van der Waals surface area contributed by atoms with Crippen LogP contribution in [0.15, 0.2) is 18.2 Å². The third-order valence-corrected chi connectivity index (χ3v) is 7.07. The molecule has 0 aliphatic heterocycles. The normalized spacial score (nSPS) is 27.3. The molecule has 5 atom stereocenters. The Morgan fingerprint density at radius 1 is 1.07 bits per heavy atom. The molecule has 0 radical (unpaired) electrons. The van der Waals surface area contributed by atoms with Gasteiger partial charge in [-0.25, -0.2) is 0 Å². The van der Waals surface area contributed by atoms with Gasteiger partial charge in [0, 0.05) is 0 Å². The zero-order valence-corrected chi connectivity index (χ0v) is 18.1. The molecule has 1 aromatic carbocycles. The summed E-state index contributed by atoms with van der Waals surface area (Å²) >= 11 is 0. The molecule has 1 saturated carbocycles. The van der Waals surface area contributed by atoms with Gasteiger partial charge in [-0.15, -0.1) is 0 Å². The van der Waals surface area contributed by atoms with Crippen molar-refractivity contribution in [2.24, 2.45) is 23.7 Å². The highest BCUT2D eigenvalue weighted by atomic mass is 16.3. The summed E-state index contributed by atoms with van der Waals surface area (Å²) in [5, 5.41) is 20.9. The number of hydrogen-bond acceptors (Lipinski definition) is 2. The van der Waals surface area contributed by atoms with Crippen molar-refractivity contribution in [3.05, 3.63) is 29.3 Å². The molecule has 0 heterocycles. The number of benzene rings is 1. The maximum absolute atomic E-state index is 10.7. The minimum absolute atomic E-state index is 0.139. The van der Waals surface area contributed by atoms with Crippen molar-refractivity contribution in [2.45, 2.75) is 98.0 Å². The lowest BCUT2D eigenvalue weighted by atomic mass is 9.73. The summed E-state index contributed by atoms with van der Waals surface area (Å²) in [6.07, 6.45) is 11.9. The van der Waals surface area contributed by atoms with E-state index in [1.165, 1.54) is 50.5 Å². The fourth-order valence-corrected chi connectivity index (χ4v) is 5.48. The molecule has 0 bridgehead atoms. The molecule has 0 spiro atoms. The standard InChI is InChI=1S/C23H36O2.C2H6/c1-3-5-6-8-16(4-2)11-12-19-20-13-17-9-7-10-22(24)21(17)14-18(20)15-23(19)25;1-2/h7,9-10,16,18-20,23-25H,3-6,8,11-15H2,1-2H3;1-2H3/t16?,18-,19?,20-,23+;/m0./s1. The zero-order valence-electron chi connectivity index (χ0n) is 18.1. The van der Waals surface area contributed by atoms with Gasteiger partial charge in [-0.2, -0.15) is 0 Å². The lowest BCUT2D eigenvalue weighted by Gasteiger charge is -2.32. The number of aliphatic hydroxyl groups excluding tert-OH is 1. The van der Waals surface area contributed by atoms with Crippen molar-refractivity contribution >= 4 is 0 Å². The molecule has 27 heavy (non-hydrogen) atoms. The third kappa shape index (κ3) is 5.50. The fraction of sp³-hybridized carbons (Fsp3) is 0.760. The van der Waals surface area contributed by atoms with Gasteiger partial charge in [0.15, 0.2) is 0 Å². The van der Waals surface area contributed by atoms with E-state index in [0.717, 1.165) is 30.7 Å². The van der Waals surface area contributed by atoms with Gasteiger partial charge in [-0.05, 0) is 66.5 Å². The van der Waals surface area contributed by atoms with Crippen LogP contribution in [0.3, 0.4) is 0 Å². The number of phenols is 1. The highest BCUT2D eigenvalue weighted by Crippen LogP contribution is 2.48. The molecule has 0 amide bonds. The monoisotopic (exact) mass is 374 g/mol. The minimum Gasteiger partial charge on any atom is -0.508 e. The van der Waals surface area contributed by atoms with Crippen LogP contribution in [0.5, 0.6) is 5.75 Å². The van der Waals surface area contributed by atoms with E-state index >= 15 is 0 Å². The Bertz CT molecular complexity index is 553. The first kappa shape index (κ1) is 22.3. The lowest BCUT2D eigenvalue weighted by Crippen LogP contribution is -2.27. The van der Waals surface area contributed by atoms with Crippen LogP contribution in [0.25, 0.3) is 0 Å². The van der Waals surface area contributed by atoms with E-state index in [9.17, 15) is 10.2 Å². The molecule has 2 aliphatic rings. The first-order valence-corrected chi connectivity index (χ1v) is 11.6. The highest BCUT2D eigenvalue weighted by Gasteiger charge is 2.44. The second-order valence-corrected chi connectivity index (χ2v) is 8.56. The molecule has 2 nitrogen and oxygen atoms in total. The number of aromatic hydroxyl groups is 1. The van der Waals surface area contributed by atoms with Gasteiger partial charge in [0.2, 0.25) is 0 Å². The quantitative estimate of drug-likeness (QED) is 0.509. The van der Waals surface area contributed by atoms with Gasteiger partial charge in [-0.1, -0.05) is 78.4 Å². The predicted molar refractivity (Wildman–Crippen MR) is 115 cm³/mol. The van der Waals surface area contributed by atoms with Gasteiger partial charge < -0.3 is 10.2 Å². The number of unbranched alkanes of at least 4 members (excludes halogenated alkanes) is 2. The summed E-state index contributed by atoms with van der Waals surface area (Å²) in [5.41, 5.74) is 2.46. The molecule has 2 aliphatic carbocycles. The summed E-state index contributed by atoms with van der Waals surface area (Å²) in [4.78, 5) is 0. The maximum Gasteiger partial charge on any atom is 0.119 e. The SMILES string of the molecule is CC.CCCCCC(CC)CCC1[C@H](O)C[C@@H]2Cc3c(O)cccc3C[C@H]12. The molecular formula is C25H42O2. The zero-order chi connectivity index (χ0) is 19.8. The second-order valence-electron chi connectivity index (χ2n) is 8.56. The number of rotatable bonds is 8. The van der Waals surface area contributed by atoms with E-state index in [2.05, 4.69) is 19.9 Å². The highest BCUT2D eigenvalue weighted by molar-refractivity contribution is 5.42. The number of aliphatic hydroxyl groups is 1. The smallest absolute Gasteiger partial charge is 0.119 e. The average molecular weight is 375 g/mol. The number of phenolic OH excluding ortho intramolecular Hbond substituents is 1. The molecule has 1 aromatic rings. The van der Waals surface area contributed by atoms with E-state index in [4.69, 9.17) is 0 Å². The van der Waals surface area contributed by atoms with Crippen LogP contribution in [0, 0.1) is 23.7 Å². The molecule has 0 saturated heterocycles. The van der Waals surface area contributed by atoms with E-state index < -0.39 is 0 Å². The molecule has 2 heteroatoms. The van der Waals surface area contributed by atoms with Crippen LogP contribution in [-0.2, 0) is 12.8 Å². The lowest BCUT2D eigenvalue weighted by molar-refractivity contribution is 0.105. The van der Waals surface area contributed by atoms with Crippen molar-refractivity contribution in [1.29, 1.82) is 0 Å². The Labute approximate surface area is 167 Å². The molecule has 154 valence electrons. The van der Waals surface area contributed by atoms with Crippen molar-refractivity contribution in [1.82, 2.24) is 0 Å². The van der Waals surface area contributed by atoms with E-state index in [1.54, 1.807) is 0 Å². The summed E-state index contributed by atoms with van der Waals surface area (Å²) in [5.74, 6) is 2.91. The van der Waals surface area contributed by atoms with Gasteiger partial charge >= 0.3 is 0 Å². The summed E-state index contributed by atoms with van der Waals surface area (Å²) in [6, 6.07) is 5.95. The Hall–Kier alpha value is -1.02. The van der Waals surface area contributed by atoms with Crippen LogP contribution in [0.4, 0.5) is 0 Å². The Morgan fingerprint density at radius 3 is 2.56 bits per heavy atom. The largest absolute Gasteiger partial charge is 0.508 e. The van der Waals surface area contributed by atoms with Crippen LogP contribution < -0.4 is 0 Å². The number of fused-ring (bicyclic) bond motifs is 2. The third-order valence-electron chi connectivity index (χ3n) is 7.07. The van der Waals surface area contributed by atoms with Crippen LogP contribution in [0.2, 0.25) is 0 Å². The second kappa shape index (κ2) is 11.1. The van der Waals surface area contributed by atoms with E-state index in [0.29, 0.717) is 23.5 Å². The van der Waals surface area contributed by atoms with Gasteiger partial charge in [-0.3, -0.25) is 0 Å². The van der Waals surface area contributed by atoms with Crippen molar-refractivity contribution in [3.63, 3.8) is 0 Å². The summed E-state index contributed by atoms with van der Waals surface area (Å²) in [6.45, 7) is 8.60. The van der Waals surface area contributed by atoms with E-state index in [1.807, 2.05) is 26.0 Å².